The molecule has 2 aromatic rings. The van der Waals surface area contributed by atoms with Crippen molar-refractivity contribution in [3.63, 3.8) is 0 Å². The second kappa shape index (κ2) is 5.36. The zero-order valence-corrected chi connectivity index (χ0v) is 11.0. The Morgan fingerprint density at radius 2 is 1.89 bits per heavy atom. The van der Waals surface area contributed by atoms with Crippen molar-refractivity contribution in [2.24, 2.45) is 0 Å². The van der Waals surface area contributed by atoms with Crippen molar-refractivity contribution in [2.75, 3.05) is 25.5 Å². The first-order chi connectivity index (χ1) is 9.31. The van der Waals surface area contributed by atoms with Crippen LogP contribution in [-0.2, 0) is 0 Å². The average molecular weight is 258 g/mol. The van der Waals surface area contributed by atoms with Crippen LogP contribution in [0.2, 0.25) is 0 Å². The molecule has 0 atom stereocenters. The highest BCUT2D eigenvalue weighted by Crippen LogP contribution is 2.17. The van der Waals surface area contributed by atoms with Crippen molar-refractivity contribution < 1.29 is 0 Å². The normalized spacial score (nSPS) is 17.5. The van der Waals surface area contributed by atoms with Crippen LogP contribution in [0.25, 0.3) is 5.69 Å². The Kier molecular flexibility index (Phi) is 3.41. The van der Waals surface area contributed by atoms with Crippen molar-refractivity contribution in [3.8, 4) is 5.69 Å². The molecule has 2 heterocycles. The molecule has 0 radical (unpaired) electrons. The van der Waals surface area contributed by atoms with Gasteiger partial charge in [-0.25, -0.2) is 4.68 Å². The lowest BCUT2D eigenvalue weighted by Gasteiger charge is -2.30. The lowest BCUT2D eigenvalue weighted by Crippen LogP contribution is -2.36. The van der Waals surface area contributed by atoms with Crippen LogP contribution in [-0.4, -0.2) is 51.3 Å². The number of nitrogens with one attached hydrogen (secondary N) is 1. The molecule has 1 N–H and O–H groups in total. The van der Waals surface area contributed by atoms with E-state index in [0.29, 0.717) is 6.04 Å². The molecule has 1 fully saturated rings. The minimum atomic E-state index is 0.579. The van der Waals surface area contributed by atoms with Gasteiger partial charge in [0.25, 0.3) is 0 Å². The van der Waals surface area contributed by atoms with E-state index >= 15 is 0 Å². The Bertz CT molecular complexity index is 498. The Morgan fingerprint density at radius 1 is 1.16 bits per heavy atom. The maximum absolute atomic E-state index is 3.87. The van der Waals surface area contributed by atoms with Gasteiger partial charge >= 0.3 is 0 Å². The monoisotopic (exact) mass is 258 g/mol. The van der Waals surface area contributed by atoms with E-state index < -0.39 is 0 Å². The van der Waals surface area contributed by atoms with Crippen LogP contribution in [0.15, 0.2) is 30.6 Å². The smallest absolute Gasteiger partial charge is 0.143 e. The summed E-state index contributed by atoms with van der Waals surface area (Å²) in [5.41, 5.74) is 2.13. The summed E-state index contributed by atoms with van der Waals surface area (Å²) in [6, 6.07) is 8.78. The number of aromatic nitrogens is 4. The van der Waals surface area contributed by atoms with Crippen molar-refractivity contribution in [1.29, 1.82) is 0 Å². The molecule has 0 aliphatic carbocycles. The molecule has 6 heteroatoms. The van der Waals surface area contributed by atoms with Gasteiger partial charge in [0.1, 0.15) is 6.33 Å². The third-order valence-electron chi connectivity index (χ3n) is 3.57. The molecule has 3 rings (SSSR count). The van der Waals surface area contributed by atoms with Crippen LogP contribution in [0.3, 0.4) is 0 Å². The van der Waals surface area contributed by atoms with E-state index in [2.05, 4.69) is 44.9 Å². The lowest BCUT2D eigenvalue weighted by atomic mass is 10.1. The highest BCUT2D eigenvalue weighted by Gasteiger charge is 2.15. The molecule has 6 nitrogen and oxygen atoms in total. The predicted molar refractivity (Wildman–Crippen MR) is 73.3 cm³/mol. The average Bonchev–Trinajstić information content (AvgIpc) is 2.96. The van der Waals surface area contributed by atoms with Gasteiger partial charge in [-0.05, 0) is 67.7 Å². The second-order valence-electron chi connectivity index (χ2n) is 5.02. The Balaban J connectivity index is 1.63. The zero-order valence-electron chi connectivity index (χ0n) is 11.0. The molecule has 19 heavy (non-hydrogen) atoms. The number of likely N-dealkylation sites (tertiary alicyclic amines) is 1. The van der Waals surface area contributed by atoms with Crippen LogP contribution in [0.1, 0.15) is 12.8 Å². The van der Waals surface area contributed by atoms with Crippen molar-refractivity contribution >= 4 is 5.69 Å². The molecule has 0 amide bonds. The van der Waals surface area contributed by atoms with Crippen LogP contribution in [0.4, 0.5) is 5.69 Å². The molecule has 1 aliphatic heterocycles. The first kappa shape index (κ1) is 12.1. The SMILES string of the molecule is CN1CCC(Nc2ccc(-n3cnnn3)cc2)CC1. The number of tetrazole rings is 1. The summed E-state index contributed by atoms with van der Waals surface area (Å²) in [5.74, 6) is 0. The van der Waals surface area contributed by atoms with Crippen molar-refractivity contribution in [3.05, 3.63) is 30.6 Å². The molecule has 1 aliphatic rings. The number of hydrogen-bond acceptors (Lipinski definition) is 5. The summed E-state index contributed by atoms with van der Waals surface area (Å²) in [4.78, 5) is 2.37. The first-order valence-corrected chi connectivity index (χ1v) is 6.60. The first-order valence-electron chi connectivity index (χ1n) is 6.60. The Labute approximate surface area is 112 Å². The highest BCUT2D eigenvalue weighted by molar-refractivity contribution is 5.49. The van der Waals surface area contributed by atoms with Crippen LogP contribution < -0.4 is 5.32 Å². The van der Waals surface area contributed by atoms with Gasteiger partial charge in [0.2, 0.25) is 0 Å². The number of benzene rings is 1. The maximum atomic E-state index is 3.87. The zero-order chi connectivity index (χ0) is 13.1. The lowest BCUT2D eigenvalue weighted by molar-refractivity contribution is 0.264. The number of piperidine rings is 1. The minimum absolute atomic E-state index is 0.579. The molecule has 1 aromatic heterocycles. The van der Waals surface area contributed by atoms with Gasteiger partial charge in [-0.2, -0.15) is 0 Å². The topological polar surface area (TPSA) is 58.9 Å². The van der Waals surface area contributed by atoms with E-state index in [1.165, 1.54) is 25.9 Å². The standard InChI is InChI=1S/C13H18N6/c1-18-8-6-12(7-9-18)15-11-2-4-13(5-3-11)19-10-14-16-17-19/h2-5,10,12,15H,6-9H2,1H3. The van der Waals surface area contributed by atoms with E-state index in [1.807, 2.05) is 12.1 Å². The van der Waals surface area contributed by atoms with Gasteiger partial charge in [-0.1, -0.05) is 0 Å². The molecular formula is C13H18N6. The van der Waals surface area contributed by atoms with Crippen molar-refractivity contribution in [1.82, 2.24) is 25.1 Å². The molecule has 1 aromatic carbocycles. The Hall–Kier alpha value is -1.95. The number of nitrogens with zero attached hydrogens (tertiary/aromatic N) is 5. The van der Waals surface area contributed by atoms with E-state index in [0.717, 1.165) is 11.4 Å². The molecule has 0 unspecified atom stereocenters. The third-order valence-corrected chi connectivity index (χ3v) is 3.57. The Morgan fingerprint density at radius 3 is 2.53 bits per heavy atom. The van der Waals surface area contributed by atoms with Crippen LogP contribution in [0, 0.1) is 0 Å². The number of rotatable bonds is 3. The fourth-order valence-corrected chi connectivity index (χ4v) is 2.38. The van der Waals surface area contributed by atoms with Gasteiger partial charge in [0.15, 0.2) is 0 Å². The molecule has 0 saturated carbocycles. The molecule has 0 spiro atoms. The van der Waals surface area contributed by atoms with E-state index in [4.69, 9.17) is 0 Å². The van der Waals surface area contributed by atoms with Crippen LogP contribution >= 0.6 is 0 Å². The summed E-state index contributed by atoms with van der Waals surface area (Å²) in [6.07, 6.45) is 4.00. The van der Waals surface area contributed by atoms with Gasteiger partial charge in [-0.3, -0.25) is 0 Å². The maximum Gasteiger partial charge on any atom is 0.143 e. The van der Waals surface area contributed by atoms with Crippen LogP contribution in [0.5, 0.6) is 0 Å². The summed E-state index contributed by atoms with van der Waals surface area (Å²) >= 11 is 0. The van der Waals surface area contributed by atoms with Gasteiger partial charge < -0.3 is 10.2 Å². The summed E-state index contributed by atoms with van der Waals surface area (Å²) in [7, 11) is 2.18. The van der Waals surface area contributed by atoms with Gasteiger partial charge in [-0.15, -0.1) is 5.10 Å². The summed E-state index contributed by atoms with van der Waals surface area (Å²) in [5, 5.41) is 14.7. The van der Waals surface area contributed by atoms with E-state index in [-0.39, 0.29) is 0 Å². The fraction of sp³-hybridized carbons (Fsp3) is 0.462. The summed E-state index contributed by atoms with van der Waals surface area (Å²) in [6.45, 7) is 2.33. The highest BCUT2D eigenvalue weighted by atomic mass is 15.5. The van der Waals surface area contributed by atoms with Gasteiger partial charge in [0.05, 0.1) is 5.69 Å². The molecule has 0 bridgehead atoms. The third kappa shape index (κ3) is 2.90. The van der Waals surface area contributed by atoms with E-state index in [1.54, 1.807) is 11.0 Å². The van der Waals surface area contributed by atoms with Crippen molar-refractivity contribution in [2.45, 2.75) is 18.9 Å². The molecule has 100 valence electrons. The number of anilines is 1. The molecular weight excluding hydrogens is 240 g/mol. The predicted octanol–water partition coefficient (Wildman–Crippen LogP) is 1.17. The number of hydrogen-bond donors (Lipinski definition) is 1. The largest absolute Gasteiger partial charge is 0.382 e. The summed E-state index contributed by atoms with van der Waals surface area (Å²) < 4.78 is 1.65. The van der Waals surface area contributed by atoms with Gasteiger partial charge in [0, 0.05) is 11.7 Å². The second-order valence-corrected chi connectivity index (χ2v) is 5.02. The minimum Gasteiger partial charge on any atom is -0.382 e. The quantitative estimate of drug-likeness (QED) is 0.895. The fourth-order valence-electron chi connectivity index (χ4n) is 2.38. The molecule has 1 saturated heterocycles. The van der Waals surface area contributed by atoms with E-state index in [9.17, 15) is 0 Å².